The van der Waals surface area contributed by atoms with Gasteiger partial charge in [0.2, 0.25) is 5.91 Å². The van der Waals surface area contributed by atoms with E-state index in [1.807, 2.05) is 61.5 Å². The Morgan fingerprint density at radius 3 is 2.50 bits per heavy atom. The molecule has 0 aliphatic heterocycles. The number of carbonyl (C=O) groups is 2. The van der Waals surface area contributed by atoms with E-state index in [1.54, 1.807) is 42.3 Å². The van der Waals surface area contributed by atoms with Gasteiger partial charge >= 0.3 is 0 Å². The van der Waals surface area contributed by atoms with Crippen LogP contribution in [0, 0.1) is 6.92 Å². The lowest BCUT2D eigenvalue weighted by molar-refractivity contribution is -0.122. The Labute approximate surface area is 245 Å². The van der Waals surface area contributed by atoms with Crippen LogP contribution in [0.3, 0.4) is 0 Å². The average molecular weight is 591 g/mol. The zero-order valence-electron chi connectivity index (χ0n) is 21.7. The number of benzene rings is 2. The molecule has 0 aliphatic carbocycles. The predicted octanol–water partition coefficient (Wildman–Crippen LogP) is 6.37. The molecule has 3 heterocycles. The van der Waals surface area contributed by atoms with Crippen molar-refractivity contribution in [2.75, 3.05) is 7.05 Å². The quantitative estimate of drug-likeness (QED) is 0.220. The maximum absolute atomic E-state index is 13.3. The van der Waals surface area contributed by atoms with Crippen molar-refractivity contribution in [3.05, 3.63) is 111 Å². The number of aryl methyl sites for hydroxylation is 1. The highest BCUT2D eigenvalue weighted by molar-refractivity contribution is 7.17. The van der Waals surface area contributed by atoms with Gasteiger partial charge in [0.15, 0.2) is 0 Å². The molecule has 0 saturated heterocycles. The summed E-state index contributed by atoms with van der Waals surface area (Å²) in [6, 6.07) is 21.8. The summed E-state index contributed by atoms with van der Waals surface area (Å²) < 4.78 is 1.77. The highest BCUT2D eigenvalue weighted by Crippen LogP contribution is 2.34. The van der Waals surface area contributed by atoms with Gasteiger partial charge < -0.3 is 10.6 Å². The molecule has 5 rings (SSSR count). The molecule has 202 valence electrons. The summed E-state index contributed by atoms with van der Waals surface area (Å²) in [7, 11) is 1.56. The zero-order valence-corrected chi connectivity index (χ0v) is 24.0. The fourth-order valence-electron chi connectivity index (χ4n) is 4.20. The molecular formula is C30H25Cl2N5O2S. The molecule has 0 bridgehead atoms. The Kier molecular flexibility index (Phi) is 8.30. The molecular weight excluding hydrogens is 565 g/mol. The SMILES string of the molecule is CNC(=O)[C@H](Cc1ccc(C)cc1)NC(=O)c1ccc(-c2cc(-c3cccnc3)nn2-c2ccc(Cl)c(Cl)c2)s1. The molecule has 5 aromatic rings. The minimum absolute atomic E-state index is 0.260. The predicted molar refractivity (Wildman–Crippen MR) is 160 cm³/mol. The van der Waals surface area contributed by atoms with E-state index >= 15 is 0 Å². The smallest absolute Gasteiger partial charge is 0.262 e. The molecule has 0 radical (unpaired) electrons. The van der Waals surface area contributed by atoms with Gasteiger partial charge in [0.1, 0.15) is 6.04 Å². The molecule has 2 amide bonds. The maximum atomic E-state index is 13.3. The van der Waals surface area contributed by atoms with E-state index in [2.05, 4.69) is 15.6 Å². The van der Waals surface area contributed by atoms with Crippen molar-refractivity contribution >= 4 is 46.4 Å². The molecule has 7 nitrogen and oxygen atoms in total. The fourth-order valence-corrected chi connectivity index (χ4v) is 5.40. The first kappa shape index (κ1) is 27.6. The second-order valence-electron chi connectivity index (χ2n) is 9.16. The van der Waals surface area contributed by atoms with Gasteiger partial charge in [0.25, 0.3) is 5.91 Å². The second kappa shape index (κ2) is 12.0. The van der Waals surface area contributed by atoms with Gasteiger partial charge in [-0.15, -0.1) is 11.3 Å². The lowest BCUT2D eigenvalue weighted by atomic mass is 10.0. The Bertz CT molecular complexity index is 1670. The third-order valence-corrected chi connectivity index (χ3v) is 8.17. The van der Waals surface area contributed by atoms with Crippen LogP contribution < -0.4 is 10.6 Å². The molecule has 0 spiro atoms. The van der Waals surface area contributed by atoms with Crippen molar-refractivity contribution in [2.45, 2.75) is 19.4 Å². The number of hydrogen-bond donors (Lipinski definition) is 2. The summed E-state index contributed by atoms with van der Waals surface area (Å²) in [5, 5.41) is 11.2. The number of hydrogen-bond acceptors (Lipinski definition) is 5. The van der Waals surface area contributed by atoms with E-state index in [0.29, 0.717) is 27.0 Å². The Hall–Kier alpha value is -3.98. The molecule has 2 N–H and O–H groups in total. The summed E-state index contributed by atoms with van der Waals surface area (Å²) in [5.74, 6) is -0.588. The summed E-state index contributed by atoms with van der Waals surface area (Å²) in [5.41, 5.74) is 5.13. The zero-order chi connectivity index (χ0) is 28.2. The molecule has 3 aromatic heterocycles. The van der Waals surface area contributed by atoms with Crippen LogP contribution >= 0.6 is 34.5 Å². The second-order valence-corrected chi connectivity index (χ2v) is 11.1. The Morgan fingerprint density at radius 1 is 1.00 bits per heavy atom. The van der Waals surface area contributed by atoms with Gasteiger partial charge in [0, 0.05) is 31.4 Å². The minimum Gasteiger partial charge on any atom is -0.357 e. The molecule has 10 heteroatoms. The normalized spacial score (nSPS) is 11.7. The summed E-state index contributed by atoms with van der Waals surface area (Å²) >= 11 is 13.8. The number of nitrogens with one attached hydrogen (secondary N) is 2. The molecule has 2 aromatic carbocycles. The van der Waals surface area contributed by atoms with Gasteiger partial charge in [-0.05, 0) is 61.0 Å². The van der Waals surface area contributed by atoms with Crippen LogP contribution in [-0.4, -0.2) is 39.7 Å². The number of pyridine rings is 1. The van der Waals surface area contributed by atoms with Crippen LogP contribution in [0.25, 0.3) is 27.5 Å². The summed E-state index contributed by atoms with van der Waals surface area (Å²) in [6.07, 6.45) is 3.82. The molecule has 0 unspecified atom stereocenters. The van der Waals surface area contributed by atoms with Gasteiger partial charge in [-0.25, -0.2) is 4.68 Å². The molecule has 0 fully saturated rings. The highest BCUT2D eigenvalue weighted by Gasteiger charge is 2.23. The number of thiophene rings is 1. The van der Waals surface area contributed by atoms with E-state index in [1.165, 1.54) is 11.3 Å². The first-order valence-corrected chi connectivity index (χ1v) is 14.0. The Balaban J connectivity index is 1.45. The van der Waals surface area contributed by atoms with E-state index < -0.39 is 6.04 Å². The average Bonchev–Trinajstić information content (AvgIpc) is 3.63. The molecule has 40 heavy (non-hydrogen) atoms. The van der Waals surface area contributed by atoms with Gasteiger partial charge in [-0.1, -0.05) is 53.0 Å². The van der Waals surface area contributed by atoms with Crippen molar-refractivity contribution < 1.29 is 9.59 Å². The van der Waals surface area contributed by atoms with Gasteiger partial charge in [-0.3, -0.25) is 14.6 Å². The highest BCUT2D eigenvalue weighted by atomic mass is 35.5. The number of carbonyl (C=O) groups excluding carboxylic acids is 2. The number of amides is 2. The van der Waals surface area contributed by atoms with E-state index in [9.17, 15) is 9.59 Å². The van der Waals surface area contributed by atoms with Crippen LogP contribution in [0.4, 0.5) is 0 Å². The van der Waals surface area contributed by atoms with Crippen LogP contribution in [0.2, 0.25) is 10.0 Å². The largest absolute Gasteiger partial charge is 0.357 e. The van der Waals surface area contributed by atoms with E-state index in [-0.39, 0.29) is 11.8 Å². The van der Waals surface area contributed by atoms with Crippen molar-refractivity contribution in [3.63, 3.8) is 0 Å². The lowest BCUT2D eigenvalue weighted by Gasteiger charge is -2.17. The van der Waals surface area contributed by atoms with Crippen molar-refractivity contribution in [2.24, 2.45) is 0 Å². The Morgan fingerprint density at radius 2 is 1.80 bits per heavy atom. The number of rotatable bonds is 8. The molecule has 0 aliphatic rings. The number of halogens is 2. The standard InChI is InChI=1S/C30H25Cl2N5O2S/c1-18-5-7-19(8-6-18)14-25(29(38)33-2)35-30(39)28-12-11-27(40-28)26-16-24(20-4-3-13-34-17-20)36-37(26)21-9-10-22(31)23(32)15-21/h3-13,15-17,25H,14H2,1-2H3,(H,33,38)(H,35,39)/t25-/m0/s1. The van der Waals surface area contributed by atoms with Crippen LogP contribution in [-0.2, 0) is 11.2 Å². The summed E-state index contributed by atoms with van der Waals surface area (Å²) in [6.45, 7) is 2.00. The van der Waals surface area contributed by atoms with E-state index in [4.69, 9.17) is 28.3 Å². The van der Waals surface area contributed by atoms with Gasteiger partial charge in [-0.2, -0.15) is 5.10 Å². The monoisotopic (exact) mass is 589 g/mol. The topological polar surface area (TPSA) is 88.9 Å². The first-order valence-electron chi connectivity index (χ1n) is 12.5. The number of aromatic nitrogens is 3. The maximum Gasteiger partial charge on any atom is 0.262 e. The van der Waals surface area contributed by atoms with E-state index in [0.717, 1.165) is 32.9 Å². The van der Waals surface area contributed by atoms with Crippen molar-refractivity contribution in [1.82, 2.24) is 25.4 Å². The van der Waals surface area contributed by atoms with Crippen molar-refractivity contribution in [1.29, 1.82) is 0 Å². The molecule has 0 saturated carbocycles. The van der Waals surface area contributed by atoms with Gasteiger partial charge in [0.05, 0.1) is 36.9 Å². The number of nitrogens with zero attached hydrogens (tertiary/aromatic N) is 3. The van der Waals surface area contributed by atoms with Crippen LogP contribution in [0.5, 0.6) is 0 Å². The molecule has 1 atom stereocenters. The first-order chi connectivity index (χ1) is 19.3. The van der Waals surface area contributed by atoms with Crippen LogP contribution in [0.1, 0.15) is 20.8 Å². The van der Waals surface area contributed by atoms with Crippen LogP contribution in [0.15, 0.2) is 85.2 Å². The fraction of sp³-hybridized carbons (Fsp3) is 0.133. The summed E-state index contributed by atoms with van der Waals surface area (Å²) in [4.78, 5) is 31.4. The lowest BCUT2D eigenvalue weighted by Crippen LogP contribution is -2.46. The third kappa shape index (κ3) is 6.09. The third-order valence-electron chi connectivity index (χ3n) is 6.33. The minimum atomic E-state index is -0.718. The van der Waals surface area contributed by atoms with Crippen molar-refractivity contribution in [3.8, 4) is 27.5 Å². The number of likely N-dealkylation sites (N-methyl/N-ethyl adjacent to an activating group) is 1.